The van der Waals surface area contributed by atoms with Crippen LogP contribution in [0.5, 0.6) is 5.75 Å². The molecule has 2 atom stereocenters. The van der Waals surface area contributed by atoms with Crippen LogP contribution in [0.3, 0.4) is 0 Å². The maximum atomic E-state index is 13.1. The molecule has 2 aliphatic heterocycles. The van der Waals surface area contributed by atoms with Gasteiger partial charge in [0.25, 0.3) is 0 Å². The van der Waals surface area contributed by atoms with Crippen molar-refractivity contribution in [3.63, 3.8) is 0 Å². The van der Waals surface area contributed by atoms with Crippen LogP contribution in [0.1, 0.15) is 30.5 Å². The number of anilines is 1. The normalized spacial score (nSPS) is 22.1. The molecular formula is C24H19N3O2. The van der Waals surface area contributed by atoms with E-state index in [1.54, 1.807) is 11.0 Å². The molecule has 0 radical (unpaired) electrons. The van der Waals surface area contributed by atoms with Gasteiger partial charge in [-0.3, -0.25) is 4.90 Å². The molecule has 2 amide bonds. The fraction of sp³-hybridized carbons (Fsp3) is 0.167. The summed E-state index contributed by atoms with van der Waals surface area (Å²) in [6.45, 7) is 1.96. The van der Waals surface area contributed by atoms with E-state index in [0.717, 1.165) is 28.1 Å². The van der Waals surface area contributed by atoms with Crippen LogP contribution in [-0.4, -0.2) is 11.8 Å². The molecule has 0 saturated carbocycles. The number of nitrogens with zero attached hydrogens (tertiary/aromatic N) is 2. The smallest absolute Gasteiger partial charge is 0.325 e. The van der Waals surface area contributed by atoms with Gasteiger partial charge in [-0.15, -0.1) is 0 Å². The van der Waals surface area contributed by atoms with E-state index in [1.807, 2.05) is 73.7 Å². The monoisotopic (exact) mass is 381 g/mol. The third-order valence-corrected chi connectivity index (χ3v) is 5.61. The van der Waals surface area contributed by atoms with E-state index in [-0.39, 0.29) is 12.1 Å². The van der Waals surface area contributed by atoms with Crippen molar-refractivity contribution in [2.24, 2.45) is 0 Å². The number of para-hydroxylation sites is 1. The number of hydrogen-bond donors (Lipinski definition) is 1. The van der Waals surface area contributed by atoms with Crippen molar-refractivity contribution in [2.75, 3.05) is 4.90 Å². The van der Waals surface area contributed by atoms with E-state index < -0.39 is 5.72 Å². The molecule has 1 N–H and O–H groups in total. The fourth-order valence-corrected chi connectivity index (χ4v) is 4.31. The number of rotatable bonds is 2. The number of benzene rings is 3. The van der Waals surface area contributed by atoms with Crippen molar-refractivity contribution in [1.82, 2.24) is 5.32 Å². The Kier molecular flexibility index (Phi) is 3.82. The summed E-state index contributed by atoms with van der Waals surface area (Å²) in [5, 5.41) is 12.3. The first kappa shape index (κ1) is 17.3. The molecule has 1 saturated heterocycles. The quantitative estimate of drug-likeness (QED) is 0.680. The lowest BCUT2D eigenvalue weighted by Gasteiger charge is -2.50. The van der Waals surface area contributed by atoms with Crippen molar-refractivity contribution in [1.29, 1.82) is 5.26 Å². The summed E-state index contributed by atoms with van der Waals surface area (Å²) in [7, 11) is 0. The van der Waals surface area contributed by atoms with Gasteiger partial charge in [0.05, 0.1) is 23.4 Å². The fourth-order valence-electron chi connectivity index (χ4n) is 4.31. The SMILES string of the molecule is CC12CC(NC(=O)N1c1cccc(-c3cccc(C#N)c3)c1)c1ccccc1O2. The molecule has 29 heavy (non-hydrogen) atoms. The molecule has 0 spiro atoms. The molecular weight excluding hydrogens is 362 g/mol. The van der Waals surface area contributed by atoms with Crippen LogP contribution in [-0.2, 0) is 0 Å². The van der Waals surface area contributed by atoms with Gasteiger partial charge in [-0.05, 0) is 48.4 Å². The van der Waals surface area contributed by atoms with Gasteiger partial charge < -0.3 is 10.1 Å². The topological polar surface area (TPSA) is 65.4 Å². The lowest BCUT2D eigenvalue weighted by atomic mass is 9.90. The highest BCUT2D eigenvalue weighted by molar-refractivity contribution is 5.95. The molecule has 142 valence electrons. The number of carbonyl (C=O) groups is 1. The Morgan fingerprint density at radius 3 is 2.66 bits per heavy atom. The third kappa shape index (κ3) is 2.81. The van der Waals surface area contributed by atoms with Crippen LogP contribution in [0.2, 0.25) is 0 Å². The summed E-state index contributed by atoms with van der Waals surface area (Å²) in [6, 6.07) is 25.0. The summed E-state index contributed by atoms with van der Waals surface area (Å²) < 4.78 is 6.33. The largest absolute Gasteiger partial charge is 0.467 e. The molecule has 5 heteroatoms. The van der Waals surface area contributed by atoms with Gasteiger partial charge in [0.15, 0.2) is 5.72 Å². The van der Waals surface area contributed by atoms with Gasteiger partial charge in [0, 0.05) is 12.0 Å². The molecule has 3 aromatic carbocycles. The van der Waals surface area contributed by atoms with Crippen molar-refractivity contribution < 1.29 is 9.53 Å². The Morgan fingerprint density at radius 2 is 1.83 bits per heavy atom. The van der Waals surface area contributed by atoms with Gasteiger partial charge in [-0.1, -0.05) is 42.5 Å². The second kappa shape index (κ2) is 6.39. The zero-order chi connectivity index (χ0) is 20.0. The predicted molar refractivity (Wildman–Crippen MR) is 110 cm³/mol. The van der Waals surface area contributed by atoms with Crippen LogP contribution in [0.4, 0.5) is 10.5 Å². The Balaban J connectivity index is 1.56. The van der Waals surface area contributed by atoms with Crippen molar-refractivity contribution >= 4 is 11.7 Å². The first-order chi connectivity index (χ1) is 14.1. The molecule has 2 heterocycles. The number of urea groups is 1. The summed E-state index contributed by atoms with van der Waals surface area (Å²) in [6.07, 6.45) is 0.657. The number of carbonyl (C=O) groups excluding carboxylic acids is 1. The summed E-state index contributed by atoms with van der Waals surface area (Å²) >= 11 is 0. The zero-order valence-electron chi connectivity index (χ0n) is 15.9. The molecule has 2 aliphatic rings. The predicted octanol–water partition coefficient (Wildman–Crippen LogP) is 4.99. The van der Waals surface area contributed by atoms with Crippen LogP contribution < -0.4 is 15.0 Å². The van der Waals surface area contributed by atoms with E-state index in [4.69, 9.17) is 4.74 Å². The van der Waals surface area contributed by atoms with Gasteiger partial charge in [-0.25, -0.2) is 4.79 Å². The molecule has 1 fully saturated rings. The van der Waals surface area contributed by atoms with E-state index in [9.17, 15) is 10.1 Å². The Bertz CT molecular complexity index is 1170. The highest BCUT2D eigenvalue weighted by atomic mass is 16.5. The number of nitrogens with one attached hydrogen (secondary N) is 1. The number of amides is 2. The molecule has 2 unspecified atom stereocenters. The van der Waals surface area contributed by atoms with Crippen LogP contribution in [0.15, 0.2) is 72.8 Å². The van der Waals surface area contributed by atoms with Crippen molar-refractivity contribution in [3.8, 4) is 22.9 Å². The third-order valence-electron chi connectivity index (χ3n) is 5.61. The van der Waals surface area contributed by atoms with E-state index in [2.05, 4.69) is 11.4 Å². The summed E-state index contributed by atoms with van der Waals surface area (Å²) in [5.41, 5.74) is 3.46. The number of fused-ring (bicyclic) bond motifs is 4. The second-order valence-corrected chi connectivity index (χ2v) is 7.60. The summed E-state index contributed by atoms with van der Waals surface area (Å²) in [5.74, 6) is 0.800. The van der Waals surface area contributed by atoms with Crippen LogP contribution in [0.25, 0.3) is 11.1 Å². The van der Waals surface area contributed by atoms with Crippen molar-refractivity contribution in [3.05, 3.63) is 83.9 Å². The Hall–Kier alpha value is -3.78. The highest BCUT2D eigenvalue weighted by Crippen LogP contribution is 2.45. The van der Waals surface area contributed by atoms with E-state index >= 15 is 0 Å². The molecule has 5 rings (SSSR count). The molecule has 3 aromatic rings. The number of hydrogen-bond acceptors (Lipinski definition) is 3. The number of ether oxygens (including phenoxy) is 1. The Morgan fingerprint density at radius 1 is 1.07 bits per heavy atom. The zero-order valence-corrected chi connectivity index (χ0v) is 15.9. The lowest BCUT2D eigenvalue weighted by Crippen LogP contribution is -2.65. The first-order valence-corrected chi connectivity index (χ1v) is 9.57. The molecule has 2 bridgehead atoms. The molecule has 0 aromatic heterocycles. The van der Waals surface area contributed by atoms with E-state index in [1.165, 1.54) is 0 Å². The highest BCUT2D eigenvalue weighted by Gasteiger charge is 2.49. The maximum absolute atomic E-state index is 13.1. The second-order valence-electron chi connectivity index (χ2n) is 7.60. The number of nitriles is 1. The summed E-state index contributed by atoms with van der Waals surface area (Å²) in [4.78, 5) is 14.8. The van der Waals surface area contributed by atoms with Gasteiger partial charge in [0.2, 0.25) is 0 Å². The average molecular weight is 381 g/mol. The van der Waals surface area contributed by atoms with Gasteiger partial charge in [0.1, 0.15) is 5.75 Å². The minimum atomic E-state index is -0.783. The molecule has 0 aliphatic carbocycles. The Labute approximate surface area is 169 Å². The van der Waals surface area contributed by atoms with Gasteiger partial charge >= 0.3 is 6.03 Å². The van der Waals surface area contributed by atoms with Crippen molar-refractivity contribution in [2.45, 2.75) is 25.1 Å². The standard InChI is InChI=1S/C24H19N3O2/c1-24-14-21(20-10-2-3-11-22(20)29-24)26-23(28)27(24)19-9-5-8-18(13-19)17-7-4-6-16(12-17)15-25/h2-13,21H,14H2,1H3,(H,26,28). The first-order valence-electron chi connectivity index (χ1n) is 9.57. The maximum Gasteiger partial charge on any atom is 0.325 e. The lowest BCUT2D eigenvalue weighted by molar-refractivity contribution is 0.0379. The molecule has 5 nitrogen and oxygen atoms in total. The minimum absolute atomic E-state index is 0.0656. The average Bonchev–Trinajstić information content (AvgIpc) is 2.73. The van der Waals surface area contributed by atoms with Crippen LogP contribution in [0, 0.1) is 11.3 Å². The van der Waals surface area contributed by atoms with Crippen LogP contribution >= 0.6 is 0 Å². The minimum Gasteiger partial charge on any atom is -0.467 e. The van der Waals surface area contributed by atoms with E-state index in [0.29, 0.717) is 12.0 Å². The van der Waals surface area contributed by atoms with Gasteiger partial charge in [-0.2, -0.15) is 5.26 Å².